The zero-order valence-electron chi connectivity index (χ0n) is 15.7. The number of phenols is 1. The van der Waals surface area contributed by atoms with Crippen LogP contribution in [0.1, 0.15) is 19.4 Å². The molecule has 28 heavy (non-hydrogen) atoms. The monoisotopic (exact) mass is 372 g/mol. The molecule has 0 unspecified atom stereocenters. The summed E-state index contributed by atoms with van der Waals surface area (Å²) < 4.78 is 1.54. The van der Waals surface area contributed by atoms with E-state index in [2.05, 4.69) is 15.5 Å². The molecule has 0 amide bonds. The number of aromatic nitrogens is 2. The van der Waals surface area contributed by atoms with Crippen molar-refractivity contribution in [2.75, 3.05) is 5.43 Å². The van der Waals surface area contributed by atoms with Gasteiger partial charge in [0.15, 0.2) is 0 Å². The first kappa shape index (κ1) is 17.7. The van der Waals surface area contributed by atoms with Gasteiger partial charge in [0, 0.05) is 17.5 Å². The molecule has 0 saturated carbocycles. The zero-order chi connectivity index (χ0) is 19.7. The predicted molar refractivity (Wildman–Crippen MR) is 113 cm³/mol. The van der Waals surface area contributed by atoms with Crippen LogP contribution in [0.2, 0.25) is 0 Å². The number of fused-ring (bicyclic) bond motifs is 2. The Morgan fingerprint density at radius 1 is 1.07 bits per heavy atom. The van der Waals surface area contributed by atoms with Crippen LogP contribution in [-0.4, -0.2) is 20.4 Å². The van der Waals surface area contributed by atoms with Crippen LogP contribution in [0.5, 0.6) is 5.75 Å². The number of anilines is 1. The number of para-hydroxylation sites is 1. The van der Waals surface area contributed by atoms with Gasteiger partial charge in [-0.05, 0) is 37.4 Å². The van der Waals surface area contributed by atoms with E-state index in [4.69, 9.17) is 0 Å². The Kier molecular flexibility index (Phi) is 4.53. The number of hydrogen-bond acceptors (Lipinski definition) is 5. The van der Waals surface area contributed by atoms with E-state index in [9.17, 15) is 9.90 Å². The summed E-state index contributed by atoms with van der Waals surface area (Å²) in [5, 5.41) is 17.3. The molecule has 0 spiro atoms. The second-order valence-electron chi connectivity index (χ2n) is 6.49. The third-order valence-corrected chi connectivity index (χ3v) is 4.79. The Balaban J connectivity index is 1.75. The Labute approximate surface area is 161 Å². The molecule has 4 rings (SSSR count). The van der Waals surface area contributed by atoms with Crippen molar-refractivity contribution in [2.24, 2.45) is 5.10 Å². The minimum atomic E-state index is -0.114. The topological polar surface area (TPSA) is 79.5 Å². The van der Waals surface area contributed by atoms with Crippen molar-refractivity contribution in [3.63, 3.8) is 0 Å². The van der Waals surface area contributed by atoms with Crippen LogP contribution in [0.15, 0.2) is 70.6 Å². The largest absolute Gasteiger partial charge is 0.507 e. The second kappa shape index (κ2) is 7.15. The van der Waals surface area contributed by atoms with E-state index in [1.165, 1.54) is 0 Å². The fraction of sp³-hybridized carbons (Fsp3) is 0.136. The van der Waals surface area contributed by atoms with Crippen LogP contribution in [0.3, 0.4) is 0 Å². The summed E-state index contributed by atoms with van der Waals surface area (Å²) in [5.74, 6) is 0.548. The van der Waals surface area contributed by atoms with E-state index in [1.54, 1.807) is 23.6 Å². The van der Waals surface area contributed by atoms with Gasteiger partial charge in [-0.2, -0.15) is 5.10 Å². The normalized spacial score (nSPS) is 11.9. The highest BCUT2D eigenvalue weighted by molar-refractivity contribution is 6.06. The molecule has 0 atom stereocenters. The Morgan fingerprint density at radius 3 is 2.57 bits per heavy atom. The van der Waals surface area contributed by atoms with Crippen LogP contribution >= 0.6 is 0 Å². The number of aromatic hydroxyl groups is 1. The Bertz CT molecular complexity index is 1270. The van der Waals surface area contributed by atoms with Gasteiger partial charge in [0.25, 0.3) is 5.56 Å². The third kappa shape index (κ3) is 2.99. The van der Waals surface area contributed by atoms with Crippen molar-refractivity contribution >= 4 is 33.3 Å². The molecule has 4 aromatic rings. The lowest BCUT2D eigenvalue weighted by atomic mass is 10.0. The van der Waals surface area contributed by atoms with Gasteiger partial charge in [-0.1, -0.05) is 42.5 Å². The average molecular weight is 372 g/mol. The molecule has 1 aromatic heterocycles. The molecule has 2 N–H and O–H groups in total. The summed E-state index contributed by atoms with van der Waals surface area (Å²) in [6.07, 6.45) is 0. The molecular weight excluding hydrogens is 352 g/mol. The van der Waals surface area contributed by atoms with Crippen LogP contribution in [0.25, 0.3) is 21.7 Å². The molecule has 3 aromatic carbocycles. The maximum Gasteiger partial charge on any atom is 0.262 e. The number of nitrogens with zero attached hydrogens (tertiary/aromatic N) is 3. The van der Waals surface area contributed by atoms with Crippen molar-refractivity contribution in [2.45, 2.75) is 20.4 Å². The lowest BCUT2D eigenvalue weighted by Crippen LogP contribution is -2.23. The highest BCUT2D eigenvalue weighted by Crippen LogP contribution is 2.29. The van der Waals surface area contributed by atoms with E-state index in [0.717, 1.165) is 10.8 Å². The number of phenolic OH excluding ortho intramolecular Hbond substituents is 1. The van der Waals surface area contributed by atoms with Crippen molar-refractivity contribution in [3.8, 4) is 5.75 Å². The third-order valence-electron chi connectivity index (χ3n) is 4.79. The van der Waals surface area contributed by atoms with Gasteiger partial charge in [0.05, 0.1) is 16.6 Å². The first-order valence-electron chi connectivity index (χ1n) is 9.11. The number of nitrogens with one attached hydrogen (secondary N) is 1. The molecule has 0 aliphatic rings. The maximum absolute atomic E-state index is 12.7. The molecule has 0 saturated heterocycles. The SMILES string of the molecule is CCn1c(N/N=C(\C)c2ccc3ccccc3c2O)nc2ccccc2c1=O. The van der Waals surface area contributed by atoms with Crippen LogP contribution in [0.4, 0.5) is 5.95 Å². The van der Waals surface area contributed by atoms with E-state index in [0.29, 0.717) is 34.7 Å². The molecule has 0 bridgehead atoms. The summed E-state index contributed by atoms with van der Waals surface area (Å²) >= 11 is 0. The lowest BCUT2D eigenvalue weighted by Gasteiger charge is -2.12. The molecule has 0 aliphatic heterocycles. The van der Waals surface area contributed by atoms with E-state index in [-0.39, 0.29) is 11.3 Å². The molecule has 1 heterocycles. The zero-order valence-corrected chi connectivity index (χ0v) is 15.7. The van der Waals surface area contributed by atoms with Gasteiger partial charge in [0.2, 0.25) is 5.95 Å². The average Bonchev–Trinajstić information content (AvgIpc) is 2.72. The summed E-state index contributed by atoms with van der Waals surface area (Å²) in [4.78, 5) is 17.2. The quantitative estimate of drug-likeness (QED) is 0.417. The molecule has 0 radical (unpaired) electrons. The standard InChI is InChI=1S/C22H20N4O2/c1-3-26-21(28)18-10-6-7-11-19(18)23-22(26)25-24-14(2)16-13-12-15-8-4-5-9-17(15)20(16)27/h4-13,27H,3H2,1-2H3,(H,23,25)/b24-14+. The highest BCUT2D eigenvalue weighted by atomic mass is 16.3. The van der Waals surface area contributed by atoms with Crippen molar-refractivity contribution in [3.05, 3.63) is 76.6 Å². The van der Waals surface area contributed by atoms with E-state index in [1.807, 2.05) is 55.5 Å². The molecule has 140 valence electrons. The smallest absolute Gasteiger partial charge is 0.262 e. The molecule has 0 fully saturated rings. The molecule has 6 nitrogen and oxygen atoms in total. The van der Waals surface area contributed by atoms with Crippen LogP contribution in [-0.2, 0) is 6.54 Å². The summed E-state index contributed by atoms with van der Waals surface area (Å²) in [7, 11) is 0. The number of rotatable bonds is 4. The van der Waals surface area contributed by atoms with Gasteiger partial charge in [-0.15, -0.1) is 0 Å². The summed E-state index contributed by atoms with van der Waals surface area (Å²) in [6, 6.07) is 18.6. The number of hydrogen-bond donors (Lipinski definition) is 2. The minimum absolute atomic E-state index is 0.114. The minimum Gasteiger partial charge on any atom is -0.507 e. The molecule has 0 aliphatic carbocycles. The summed E-state index contributed by atoms with van der Waals surface area (Å²) in [5.41, 5.74) is 4.61. The lowest BCUT2D eigenvalue weighted by molar-refractivity contribution is 0.480. The number of hydrazone groups is 1. The fourth-order valence-corrected chi connectivity index (χ4v) is 3.29. The van der Waals surface area contributed by atoms with Gasteiger partial charge in [-0.25, -0.2) is 10.4 Å². The predicted octanol–water partition coefficient (Wildman–Crippen LogP) is 4.11. The van der Waals surface area contributed by atoms with E-state index < -0.39 is 0 Å². The van der Waals surface area contributed by atoms with Crippen molar-refractivity contribution in [1.29, 1.82) is 0 Å². The van der Waals surface area contributed by atoms with Gasteiger partial charge in [0.1, 0.15) is 5.75 Å². The number of benzene rings is 3. The van der Waals surface area contributed by atoms with Crippen LogP contribution in [0, 0.1) is 0 Å². The first-order valence-corrected chi connectivity index (χ1v) is 9.11. The summed E-state index contributed by atoms with van der Waals surface area (Å²) in [6.45, 7) is 4.15. The van der Waals surface area contributed by atoms with E-state index >= 15 is 0 Å². The maximum atomic E-state index is 12.7. The molecule has 6 heteroatoms. The van der Waals surface area contributed by atoms with Crippen molar-refractivity contribution < 1.29 is 5.11 Å². The van der Waals surface area contributed by atoms with Gasteiger partial charge >= 0.3 is 0 Å². The van der Waals surface area contributed by atoms with Crippen molar-refractivity contribution in [1.82, 2.24) is 9.55 Å². The van der Waals surface area contributed by atoms with Crippen LogP contribution < -0.4 is 11.0 Å². The Hall–Kier alpha value is -3.67. The molecular formula is C22H20N4O2. The van der Waals surface area contributed by atoms with Gasteiger partial charge < -0.3 is 5.11 Å². The Morgan fingerprint density at radius 2 is 1.79 bits per heavy atom. The highest BCUT2D eigenvalue weighted by Gasteiger charge is 2.11. The fourth-order valence-electron chi connectivity index (χ4n) is 3.29. The van der Waals surface area contributed by atoms with Gasteiger partial charge in [-0.3, -0.25) is 9.36 Å². The second-order valence-corrected chi connectivity index (χ2v) is 6.49. The first-order chi connectivity index (χ1) is 13.6.